The number of nitrogens with zero attached hydrogens (tertiary/aromatic N) is 3. The van der Waals surface area contributed by atoms with Crippen LogP contribution in [0.15, 0.2) is 0 Å². The molecule has 0 aromatic carbocycles. The molecule has 1 aromatic heterocycles. The number of rotatable bonds is 4. The normalized spacial score (nSPS) is 24.1. The van der Waals surface area contributed by atoms with Crippen LogP contribution in [0.1, 0.15) is 37.3 Å². The van der Waals surface area contributed by atoms with Crippen molar-refractivity contribution in [2.45, 2.75) is 45.2 Å². The predicted octanol–water partition coefficient (Wildman–Crippen LogP) is 0.857. The Hall–Kier alpha value is -1.43. The van der Waals surface area contributed by atoms with Crippen molar-refractivity contribution < 1.29 is 9.90 Å². The van der Waals surface area contributed by atoms with Crippen LogP contribution in [-0.2, 0) is 18.4 Å². The molecule has 2 N–H and O–H groups in total. The first-order valence-electron chi connectivity index (χ1n) is 6.39. The van der Waals surface area contributed by atoms with E-state index in [2.05, 4.69) is 15.5 Å². The van der Waals surface area contributed by atoms with E-state index in [0.29, 0.717) is 12.6 Å². The molecular formula is C12H20N4O2. The lowest BCUT2D eigenvalue weighted by Crippen LogP contribution is -2.35. The van der Waals surface area contributed by atoms with Gasteiger partial charge >= 0.3 is 5.97 Å². The number of carboxylic acid groups (broad SMARTS) is 1. The van der Waals surface area contributed by atoms with Gasteiger partial charge in [-0.1, -0.05) is 0 Å². The van der Waals surface area contributed by atoms with Crippen molar-refractivity contribution in [2.24, 2.45) is 13.0 Å². The largest absolute Gasteiger partial charge is 0.481 e. The van der Waals surface area contributed by atoms with Gasteiger partial charge in [-0.05, 0) is 32.6 Å². The number of aromatic nitrogens is 3. The molecule has 0 atom stereocenters. The zero-order chi connectivity index (χ0) is 13.1. The smallest absolute Gasteiger partial charge is 0.306 e. The van der Waals surface area contributed by atoms with Crippen LogP contribution in [0.25, 0.3) is 0 Å². The van der Waals surface area contributed by atoms with Gasteiger partial charge in [0.2, 0.25) is 0 Å². The van der Waals surface area contributed by atoms with Crippen molar-refractivity contribution in [1.29, 1.82) is 0 Å². The summed E-state index contributed by atoms with van der Waals surface area (Å²) in [6, 6.07) is 0.401. The molecule has 0 spiro atoms. The Kier molecular flexibility index (Phi) is 3.96. The summed E-state index contributed by atoms with van der Waals surface area (Å²) >= 11 is 0. The topological polar surface area (TPSA) is 80.0 Å². The first-order chi connectivity index (χ1) is 8.58. The third kappa shape index (κ3) is 2.87. The van der Waals surface area contributed by atoms with E-state index in [0.717, 1.165) is 37.3 Å². The molecule has 2 rings (SSSR count). The number of aryl methyl sites for hydroxylation is 1. The summed E-state index contributed by atoms with van der Waals surface area (Å²) in [4.78, 5) is 10.8. The highest BCUT2D eigenvalue weighted by Gasteiger charge is 2.25. The summed E-state index contributed by atoms with van der Waals surface area (Å²) in [6.45, 7) is 2.62. The summed E-state index contributed by atoms with van der Waals surface area (Å²) < 4.78 is 1.97. The Bertz CT molecular complexity index is 422. The number of aliphatic carboxylic acids is 1. The Morgan fingerprint density at radius 2 is 2.06 bits per heavy atom. The van der Waals surface area contributed by atoms with E-state index in [4.69, 9.17) is 5.11 Å². The molecule has 100 valence electrons. The van der Waals surface area contributed by atoms with E-state index in [9.17, 15) is 4.79 Å². The second-order valence-corrected chi connectivity index (χ2v) is 4.99. The van der Waals surface area contributed by atoms with Crippen molar-refractivity contribution in [1.82, 2.24) is 20.1 Å². The highest BCUT2D eigenvalue weighted by Crippen LogP contribution is 2.24. The van der Waals surface area contributed by atoms with Crippen molar-refractivity contribution >= 4 is 5.97 Å². The number of carbonyl (C=O) groups is 1. The molecule has 6 nitrogen and oxygen atoms in total. The molecule has 1 aromatic rings. The molecule has 0 saturated heterocycles. The van der Waals surface area contributed by atoms with Crippen LogP contribution in [0.5, 0.6) is 0 Å². The van der Waals surface area contributed by atoms with Gasteiger partial charge in [0.25, 0.3) is 0 Å². The van der Waals surface area contributed by atoms with Crippen LogP contribution < -0.4 is 5.32 Å². The van der Waals surface area contributed by atoms with E-state index in [1.165, 1.54) is 0 Å². The van der Waals surface area contributed by atoms with Gasteiger partial charge in [-0.25, -0.2) is 0 Å². The molecule has 1 saturated carbocycles. The van der Waals surface area contributed by atoms with Crippen molar-refractivity contribution in [3.63, 3.8) is 0 Å². The molecule has 1 aliphatic carbocycles. The minimum atomic E-state index is -0.655. The molecule has 0 unspecified atom stereocenters. The quantitative estimate of drug-likeness (QED) is 0.830. The lowest BCUT2D eigenvalue weighted by molar-refractivity contribution is -0.142. The van der Waals surface area contributed by atoms with Crippen molar-refractivity contribution in [2.75, 3.05) is 0 Å². The molecule has 0 radical (unpaired) electrons. The maximum atomic E-state index is 10.8. The standard InChI is InChI=1S/C12H20N4O2/c1-8-14-15-11(16(8)2)7-13-10-5-3-9(4-6-10)12(17)18/h9-10,13H,3-7H2,1-2H3,(H,17,18). The summed E-state index contributed by atoms with van der Waals surface area (Å²) in [6.07, 6.45) is 3.39. The maximum absolute atomic E-state index is 10.8. The van der Waals surface area contributed by atoms with Gasteiger partial charge in [0.1, 0.15) is 11.6 Å². The highest BCUT2D eigenvalue weighted by molar-refractivity contribution is 5.70. The van der Waals surface area contributed by atoms with E-state index in [-0.39, 0.29) is 5.92 Å². The monoisotopic (exact) mass is 252 g/mol. The average molecular weight is 252 g/mol. The predicted molar refractivity (Wildman–Crippen MR) is 66.0 cm³/mol. The fourth-order valence-corrected chi connectivity index (χ4v) is 2.39. The van der Waals surface area contributed by atoms with Gasteiger partial charge in [0.15, 0.2) is 0 Å². The van der Waals surface area contributed by atoms with Crippen molar-refractivity contribution in [3.05, 3.63) is 11.6 Å². The minimum absolute atomic E-state index is 0.153. The van der Waals surface area contributed by atoms with Crippen LogP contribution in [0, 0.1) is 12.8 Å². The lowest BCUT2D eigenvalue weighted by Gasteiger charge is -2.26. The molecule has 0 aliphatic heterocycles. The molecule has 1 fully saturated rings. The Morgan fingerprint density at radius 3 is 2.56 bits per heavy atom. The summed E-state index contributed by atoms with van der Waals surface area (Å²) in [7, 11) is 1.95. The molecule has 1 heterocycles. The molecule has 18 heavy (non-hydrogen) atoms. The zero-order valence-corrected chi connectivity index (χ0v) is 10.9. The van der Waals surface area contributed by atoms with E-state index in [1.54, 1.807) is 0 Å². The average Bonchev–Trinajstić information content (AvgIpc) is 2.68. The van der Waals surface area contributed by atoms with Gasteiger partial charge in [-0.2, -0.15) is 0 Å². The highest BCUT2D eigenvalue weighted by atomic mass is 16.4. The summed E-state index contributed by atoms with van der Waals surface area (Å²) in [5, 5.41) is 20.5. The number of nitrogens with one attached hydrogen (secondary N) is 1. The zero-order valence-electron chi connectivity index (χ0n) is 10.9. The Morgan fingerprint density at radius 1 is 1.39 bits per heavy atom. The Labute approximate surface area is 106 Å². The van der Waals surface area contributed by atoms with Crippen LogP contribution in [0.4, 0.5) is 0 Å². The first kappa shape index (κ1) is 13.0. The van der Waals surface area contributed by atoms with Crippen molar-refractivity contribution in [3.8, 4) is 0 Å². The van der Waals surface area contributed by atoms with Gasteiger partial charge in [-0.3, -0.25) is 4.79 Å². The van der Waals surface area contributed by atoms with Crippen LogP contribution in [0.3, 0.4) is 0 Å². The fraction of sp³-hybridized carbons (Fsp3) is 0.750. The Balaban J connectivity index is 1.79. The van der Waals surface area contributed by atoms with Gasteiger partial charge in [0, 0.05) is 13.1 Å². The van der Waals surface area contributed by atoms with Gasteiger partial charge in [-0.15, -0.1) is 10.2 Å². The second kappa shape index (κ2) is 5.48. The second-order valence-electron chi connectivity index (χ2n) is 4.99. The molecule has 0 amide bonds. The molecule has 1 aliphatic rings. The number of hydrogen-bond donors (Lipinski definition) is 2. The molecular weight excluding hydrogens is 232 g/mol. The van der Waals surface area contributed by atoms with Crippen LogP contribution >= 0.6 is 0 Å². The van der Waals surface area contributed by atoms with E-state index >= 15 is 0 Å². The first-order valence-corrected chi connectivity index (χ1v) is 6.39. The summed E-state index contributed by atoms with van der Waals surface area (Å²) in [5.74, 6) is 1.02. The van der Waals surface area contributed by atoms with Gasteiger partial charge in [0.05, 0.1) is 12.5 Å². The molecule has 0 bridgehead atoms. The SMILES string of the molecule is Cc1nnc(CNC2CCC(C(=O)O)CC2)n1C. The van der Waals surface area contributed by atoms with E-state index < -0.39 is 5.97 Å². The number of carboxylic acids is 1. The van der Waals surface area contributed by atoms with E-state index in [1.807, 2.05) is 18.5 Å². The third-order valence-corrected chi connectivity index (χ3v) is 3.81. The lowest BCUT2D eigenvalue weighted by atomic mass is 9.86. The third-order valence-electron chi connectivity index (χ3n) is 3.81. The van der Waals surface area contributed by atoms with Crippen LogP contribution in [-0.4, -0.2) is 31.9 Å². The molecule has 6 heteroatoms. The fourth-order valence-electron chi connectivity index (χ4n) is 2.39. The minimum Gasteiger partial charge on any atom is -0.481 e. The summed E-state index contributed by atoms with van der Waals surface area (Å²) in [5.41, 5.74) is 0. The number of hydrogen-bond acceptors (Lipinski definition) is 4. The van der Waals surface area contributed by atoms with Gasteiger partial charge < -0.3 is 15.0 Å². The van der Waals surface area contributed by atoms with Crippen LogP contribution in [0.2, 0.25) is 0 Å². The maximum Gasteiger partial charge on any atom is 0.306 e.